The molecule has 0 saturated carbocycles. The Kier molecular flexibility index (Phi) is 4.83. The first kappa shape index (κ1) is 17.6. The van der Waals surface area contributed by atoms with Crippen LogP contribution in [0.25, 0.3) is 6.08 Å². The number of fused-ring (bicyclic) bond motifs is 3. The van der Waals surface area contributed by atoms with Crippen molar-refractivity contribution in [1.29, 1.82) is 0 Å². The van der Waals surface area contributed by atoms with Gasteiger partial charge in [0.2, 0.25) is 5.78 Å². The third-order valence-corrected chi connectivity index (χ3v) is 4.72. The van der Waals surface area contributed by atoms with Gasteiger partial charge in [0.25, 0.3) is 0 Å². The highest BCUT2D eigenvalue weighted by Crippen LogP contribution is 2.42. The molecule has 6 heteroatoms. The molecule has 2 heterocycles. The Morgan fingerprint density at radius 3 is 2.85 bits per heavy atom. The van der Waals surface area contributed by atoms with Crippen molar-refractivity contribution in [2.24, 2.45) is 0 Å². The molecule has 27 heavy (non-hydrogen) atoms. The molecule has 6 nitrogen and oxygen atoms in total. The van der Waals surface area contributed by atoms with Crippen molar-refractivity contribution in [2.45, 2.75) is 6.54 Å². The highest BCUT2D eigenvalue weighted by molar-refractivity contribution is 6.15. The van der Waals surface area contributed by atoms with Gasteiger partial charge in [0, 0.05) is 25.8 Å². The van der Waals surface area contributed by atoms with Gasteiger partial charge in [-0.05, 0) is 24.3 Å². The first-order valence-corrected chi connectivity index (χ1v) is 8.78. The van der Waals surface area contributed by atoms with E-state index in [2.05, 4.69) is 4.90 Å². The van der Waals surface area contributed by atoms with Crippen LogP contribution in [0.3, 0.4) is 0 Å². The average Bonchev–Trinajstić information content (AvgIpc) is 3.02. The van der Waals surface area contributed by atoms with Gasteiger partial charge in [-0.3, -0.25) is 9.69 Å². The fraction of sp³-hybridized carbons (Fsp3) is 0.286. The number of benzene rings is 2. The lowest BCUT2D eigenvalue weighted by Crippen LogP contribution is -2.34. The number of ether oxygens (including phenoxy) is 4. The molecule has 0 radical (unpaired) electrons. The van der Waals surface area contributed by atoms with E-state index in [1.807, 2.05) is 30.3 Å². The van der Waals surface area contributed by atoms with Crippen LogP contribution in [0.2, 0.25) is 0 Å². The maximum absolute atomic E-state index is 12.8. The normalized spacial score (nSPS) is 17.3. The Morgan fingerprint density at radius 1 is 1.19 bits per heavy atom. The summed E-state index contributed by atoms with van der Waals surface area (Å²) in [4.78, 5) is 14.9. The molecule has 0 fully saturated rings. The molecule has 0 amide bonds. The van der Waals surface area contributed by atoms with E-state index in [1.165, 1.54) is 0 Å². The number of methoxy groups -OCH3 is 2. The first-order chi connectivity index (χ1) is 13.2. The van der Waals surface area contributed by atoms with Crippen LogP contribution in [0, 0.1) is 0 Å². The first-order valence-electron chi connectivity index (χ1n) is 8.78. The third-order valence-electron chi connectivity index (χ3n) is 4.72. The predicted octanol–water partition coefficient (Wildman–Crippen LogP) is 3.11. The van der Waals surface area contributed by atoms with Crippen molar-refractivity contribution in [1.82, 2.24) is 4.90 Å². The van der Waals surface area contributed by atoms with Gasteiger partial charge < -0.3 is 18.9 Å². The molecular weight excluding hydrogens is 346 g/mol. The van der Waals surface area contributed by atoms with Crippen LogP contribution < -0.4 is 14.2 Å². The molecular formula is C21H21NO5. The molecule has 2 aliphatic rings. The van der Waals surface area contributed by atoms with E-state index in [-0.39, 0.29) is 11.5 Å². The molecule has 2 aromatic rings. The van der Waals surface area contributed by atoms with Crippen molar-refractivity contribution in [3.8, 4) is 17.2 Å². The van der Waals surface area contributed by atoms with Gasteiger partial charge in [0.1, 0.15) is 24.0 Å². The maximum atomic E-state index is 12.8. The summed E-state index contributed by atoms with van der Waals surface area (Å²) in [7, 11) is 3.28. The molecule has 0 aliphatic carbocycles. The number of para-hydroxylation sites is 1. The summed E-state index contributed by atoms with van der Waals surface area (Å²) in [6, 6.07) is 11.1. The molecule has 140 valence electrons. The van der Waals surface area contributed by atoms with E-state index in [9.17, 15) is 4.79 Å². The Labute approximate surface area is 157 Å². The quantitative estimate of drug-likeness (QED) is 0.757. The number of carbonyl (C=O) groups excluding carboxylic acids is 1. The van der Waals surface area contributed by atoms with Crippen LogP contribution in [0.5, 0.6) is 17.2 Å². The Balaban J connectivity index is 1.66. The van der Waals surface area contributed by atoms with Crippen LogP contribution in [0.4, 0.5) is 0 Å². The van der Waals surface area contributed by atoms with Gasteiger partial charge in [-0.25, -0.2) is 0 Å². The summed E-state index contributed by atoms with van der Waals surface area (Å²) in [6.07, 6.45) is 1.72. The standard InChI is InChI=1S/C21H21NO5/c1-24-10-9-22-12-16-18(26-13-22)8-7-15-20(23)19(27-21(15)16)11-14-5-3-4-6-17(14)25-2/h3-8,11H,9-10,12-13H2,1-2H3/b19-11-. The van der Waals surface area contributed by atoms with Crippen molar-refractivity contribution in [2.75, 3.05) is 34.1 Å². The van der Waals surface area contributed by atoms with Crippen LogP contribution in [-0.4, -0.2) is 44.8 Å². The average molecular weight is 367 g/mol. The summed E-state index contributed by atoms with van der Waals surface area (Å²) < 4.78 is 22.3. The van der Waals surface area contributed by atoms with Crippen LogP contribution in [0.1, 0.15) is 21.5 Å². The zero-order valence-corrected chi connectivity index (χ0v) is 15.4. The minimum absolute atomic E-state index is 0.132. The SMILES string of the molecule is COCCN1COc2ccc3c(c2C1)O/C(=C\c1ccccc1OC)C3=O. The van der Waals surface area contributed by atoms with Crippen LogP contribution in [0.15, 0.2) is 42.2 Å². The van der Waals surface area contributed by atoms with E-state index < -0.39 is 0 Å². The van der Waals surface area contributed by atoms with Gasteiger partial charge >= 0.3 is 0 Å². The van der Waals surface area contributed by atoms with Gasteiger partial charge in [-0.1, -0.05) is 18.2 Å². The summed E-state index contributed by atoms with van der Waals surface area (Å²) in [6.45, 7) is 2.51. The smallest absolute Gasteiger partial charge is 0.231 e. The Morgan fingerprint density at radius 2 is 2.04 bits per heavy atom. The summed E-state index contributed by atoms with van der Waals surface area (Å²) in [5, 5.41) is 0. The largest absolute Gasteiger partial charge is 0.496 e. The number of nitrogens with zero attached hydrogens (tertiary/aromatic N) is 1. The topological polar surface area (TPSA) is 57.2 Å². The second-order valence-electron chi connectivity index (χ2n) is 6.42. The minimum atomic E-state index is -0.132. The summed E-state index contributed by atoms with van der Waals surface area (Å²) in [5.41, 5.74) is 2.25. The lowest BCUT2D eigenvalue weighted by Gasteiger charge is -2.29. The van der Waals surface area contributed by atoms with Crippen LogP contribution in [-0.2, 0) is 11.3 Å². The zero-order chi connectivity index (χ0) is 18.8. The molecule has 2 aliphatic heterocycles. The number of ketones is 1. The van der Waals surface area contributed by atoms with Crippen molar-refractivity contribution in [3.05, 3.63) is 58.8 Å². The van der Waals surface area contributed by atoms with Gasteiger partial charge in [-0.15, -0.1) is 0 Å². The highest BCUT2D eigenvalue weighted by Gasteiger charge is 2.33. The Hall–Kier alpha value is -2.83. The summed E-state index contributed by atoms with van der Waals surface area (Å²) >= 11 is 0. The highest BCUT2D eigenvalue weighted by atomic mass is 16.5. The van der Waals surface area contributed by atoms with E-state index in [0.29, 0.717) is 36.9 Å². The maximum Gasteiger partial charge on any atom is 0.231 e. The number of rotatable bonds is 5. The Bertz CT molecular complexity index is 905. The third kappa shape index (κ3) is 3.29. The fourth-order valence-corrected chi connectivity index (χ4v) is 3.30. The number of Topliss-reactive ketones (excluding diaryl/α,β-unsaturated/α-hetero) is 1. The molecule has 0 N–H and O–H groups in total. The minimum Gasteiger partial charge on any atom is -0.496 e. The molecule has 0 bridgehead atoms. The van der Waals surface area contributed by atoms with Gasteiger partial charge in [0.05, 0.1) is 24.8 Å². The molecule has 0 spiro atoms. The molecule has 0 unspecified atom stereocenters. The monoisotopic (exact) mass is 367 g/mol. The van der Waals surface area contributed by atoms with Gasteiger partial charge in [0.15, 0.2) is 5.76 Å². The summed E-state index contributed by atoms with van der Waals surface area (Å²) in [5.74, 6) is 2.19. The van der Waals surface area contributed by atoms with E-state index in [4.69, 9.17) is 18.9 Å². The lowest BCUT2D eigenvalue weighted by molar-refractivity contribution is 0.0646. The van der Waals surface area contributed by atoms with Crippen molar-refractivity contribution < 1.29 is 23.7 Å². The van der Waals surface area contributed by atoms with Gasteiger partial charge in [-0.2, -0.15) is 0 Å². The molecule has 4 rings (SSSR count). The fourth-order valence-electron chi connectivity index (χ4n) is 3.30. The molecule has 0 aromatic heterocycles. The molecule has 0 saturated heterocycles. The number of hydrogen-bond donors (Lipinski definition) is 0. The number of carbonyl (C=O) groups is 1. The van der Waals surface area contributed by atoms with Crippen LogP contribution >= 0.6 is 0 Å². The van der Waals surface area contributed by atoms with E-state index in [1.54, 1.807) is 26.4 Å². The van der Waals surface area contributed by atoms with E-state index in [0.717, 1.165) is 23.4 Å². The second kappa shape index (κ2) is 7.42. The molecule has 2 aromatic carbocycles. The van der Waals surface area contributed by atoms with Crippen molar-refractivity contribution in [3.63, 3.8) is 0 Å². The predicted molar refractivity (Wildman–Crippen MR) is 100 cm³/mol. The lowest BCUT2D eigenvalue weighted by atomic mass is 10.0. The second-order valence-corrected chi connectivity index (χ2v) is 6.42. The van der Waals surface area contributed by atoms with Crippen molar-refractivity contribution >= 4 is 11.9 Å². The number of hydrogen-bond acceptors (Lipinski definition) is 6. The van der Waals surface area contributed by atoms with E-state index >= 15 is 0 Å². The zero-order valence-electron chi connectivity index (χ0n) is 15.4. The molecule has 0 atom stereocenters. The number of allylic oxidation sites excluding steroid dienone is 1.